The van der Waals surface area contributed by atoms with Gasteiger partial charge in [-0.05, 0) is 43.7 Å². The molecule has 1 heterocycles. The second kappa shape index (κ2) is 6.55. The molecule has 0 aliphatic heterocycles. The molecule has 2 N–H and O–H groups in total. The van der Waals surface area contributed by atoms with Crippen LogP contribution in [0.4, 0.5) is 5.00 Å². The Morgan fingerprint density at radius 2 is 1.74 bits per heavy atom. The number of thiophene rings is 1. The van der Waals surface area contributed by atoms with Crippen molar-refractivity contribution in [2.75, 3.05) is 5.73 Å². The van der Waals surface area contributed by atoms with Gasteiger partial charge in [0.1, 0.15) is 0 Å². The summed E-state index contributed by atoms with van der Waals surface area (Å²) in [6.45, 7) is 9.89. The first-order chi connectivity index (χ1) is 9.00. The Morgan fingerprint density at radius 1 is 1.21 bits per heavy atom. The maximum absolute atomic E-state index is 12.3. The lowest BCUT2D eigenvalue weighted by Crippen LogP contribution is -2.04. The molecule has 0 aliphatic carbocycles. The van der Waals surface area contributed by atoms with Gasteiger partial charge in [-0.15, -0.1) is 24.5 Å². The maximum Gasteiger partial charge on any atom is 0.196 e. The van der Waals surface area contributed by atoms with Crippen molar-refractivity contribution >= 4 is 33.7 Å². The summed E-state index contributed by atoms with van der Waals surface area (Å²) in [7, 11) is 0. The highest BCUT2D eigenvalue weighted by atomic mass is 35.5. The topological polar surface area (TPSA) is 43.1 Å². The number of halogens is 1. The fourth-order valence-corrected chi connectivity index (χ4v) is 2.74. The molecule has 0 unspecified atom stereocenters. The standard InChI is InChI=1S/C13H12ClNOS.C2H4/c1-7-8(2)17-13(15)11(7)12(16)9-3-5-10(14)6-4-9;1-2/h3-6H,15H2,1-2H3;1-2H2. The fourth-order valence-electron chi connectivity index (χ4n) is 1.68. The summed E-state index contributed by atoms with van der Waals surface area (Å²) < 4.78 is 0. The third kappa shape index (κ3) is 3.25. The largest absolute Gasteiger partial charge is 0.390 e. The summed E-state index contributed by atoms with van der Waals surface area (Å²) >= 11 is 7.25. The van der Waals surface area contributed by atoms with Crippen molar-refractivity contribution in [3.63, 3.8) is 0 Å². The Balaban J connectivity index is 0.000000861. The normalized spacial score (nSPS) is 9.63. The number of benzene rings is 1. The molecule has 2 aromatic rings. The van der Waals surface area contributed by atoms with E-state index in [1.807, 2.05) is 13.8 Å². The predicted octanol–water partition coefficient (Wildman–Crippen LogP) is 4.63. The third-order valence-electron chi connectivity index (χ3n) is 2.75. The monoisotopic (exact) mass is 293 g/mol. The van der Waals surface area contributed by atoms with Crippen molar-refractivity contribution in [1.82, 2.24) is 0 Å². The van der Waals surface area contributed by atoms with Crippen molar-refractivity contribution in [3.05, 3.63) is 64.0 Å². The number of nitrogen functional groups attached to an aromatic ring is 1. The summed E-state index contributed by atoms with van der Waals surface area (Å²) in [5.74, 6) is -0.0407. The average molecular weight is 294 g/mol. The lowest BCUT2D eigenvalue weighted by Gasteiger charge is -2.02. The zero-order chi connectivity index (χ0) is 14.6. The van der Waals surface area contributed by atoms with E-state index in [2.05, 4.69) is 13.2 Å². The molecule has 0 amide bonds. The van der Waals surface area contributed by atoms with Crippen LogP contribution < -0.4 is 5.73 Å². The quantitative estimate of drug-likeness (QED) is 0.648. The zero-order valence-corrected chi connectivity index (χ0v) is 12.6. The van der Waals surface area contributed by atoms with Crippen LogP contribution in [0.1, 0.15) is 26.4 Å². The average Bonchev–Trinajstić information content (AvgIpc) is 2.66. The molecule has 100 valence electrons. The van der Waals surface area contributed by atoms with Crippen LogP contribution in [-0.2, 0) is 0 Å². The summed E-state index contributed by atoms with van der Waals surface area (Å²) in [4.78, 5) is 13.4. The van der Waals surface area contributed by atoms with E-state index in [0.717, 1.165) is 10.4 Å². The molecule has 0 aliphatic rings. The van der Waals surface area contributed by atoms with Gasteiger partial charge in [0.05, 0.1) is 10.6 Å². The number of aryl methyl sites for hydroxylation is 1. The lowest BCUT2D eigenvalue weighted by atomic mass is 10.0. The van der Waals surface area contributed by atoms with E-state index in [-0.39, 0.29) is 5.78 Å². The van der Waals surface area contributed by atoms with Crippen molar-refractivity contribution in [2.24, 2.45) is 0 Å². The van der Waals surface area contributed by atoms with Gasteiger partial charge in [-0.1, -0.05) is 11.6 Å². The van der Waals surface area contributed by atoms with Gasteiger partial charge in [0.2, 0.25) is 0 Å². The van der Waals surface area contributed by atoms with Crippen LogP contribution in [0, 0.1) is 13.8 Å². The molecular formula is C15H16ClNOS. The molecule has 2 nitrogen and oxygen atoms in total. The molecule has 1 aromatic heterocycles. The number of carbonyl (C=O) groups excluding carboxylic acids is 1. The highest BCUT2D eigenvalue weighted by Gasteiger charge is 2.18. The number of carbonyl (C=O) groups is 1. The number of rotatable bonds is 2. The molecule has 0 saturated heterocycles. The molecule has 0 atom stereocenters. The predicted molar refractivity (Wildman–Crippen MR) is 84.3 cm³/mol. The van der Waals surface area contributed by atoms with Gasteiger partial charge in [-0.25, -0.2) is 0 Å². The van der Waals surface area contributed by atoms with Crippen molar-refractivity contribution < 1.29 is 4.79 Å². The van der Waals surface area contributed by atoms with Gasteiger partial charge in [0.25, 0.3) is 0 Å². The molecule has 0 fully saturated rings. The minimum Gasteiger partial charge on any atom is -0.390 e. The van der Waals surface area contributed by atoms with E-state index in [1.165, 1.54) is 11.3 Å². The van der Waals surface area contributed by atoms with Crippen molar-refractivity contribution in [2.45, 2.75) is 13.8 Å². The molecule has 4 heteroatoms. The minimum absolute atomic E-state index is 0.0407. The molecule has 2 rings (SSSR count). The number of nitrogens with two attached hydrogens (primary N) is 1. The molecule has 0 spiro atoms. The Labute approximate surface area is 122 Å². The minimum atomic E-state index is -0.0407. The van der Waals surface area contributed by atoms with E-state index in [9.17, 15) is 4.79 Å². The molecule has 19 heavy (non-hydrogen) atoms. The first-order valence-corrected chi connectivity index (χ1v) is 6.86. The van der Waals surface area contributed by atoms with E-state index in [0.29, 0.717) is 21.2 Å². The summed E-state index contributed by atoms with van der Waals surface area (Å²) in [6.07, 6.45) is 0. The molecular weight excluding hydrogens is 278 g/mol. The summed E-state index contributed by atoms with van der Waals surface area (Å²) in [5.41, 5.74) is 8.08. The molecule has 0 radical (unpaired) electrons. The van der Waals surface area contributed by atoms with E-state index < -0.39 is 0 Å². The molecule has 0 bridgehead atoms. The van der Waals surface area contributed by atoms with Crippen molar-refractivity contribution in [1.29, 1.82) is 0 Å². The van der Waals surface area contributed by atoms with Crippen LogP contribution >= 0.6 is 22.9 Å². The molecule has 0 saturated carbocycles. The Kier molecular flexibility index (Phi) is 5.33. The van der Waals surface area contributed by atoms with Crippen molar-refractivity contribution in [3.8, 4) is 0 Å². The van der Waals surface area contributed by atoms with Crippen LogP contribution in [0.5, 0.6) is 0 Å². The van der Waals surface area contributed by atoms with E-state index in [1.54, 1.807) is 24.3 Å². The van der Waals surface area contributed by atoms with Crippen LogP contribution in [0.25, 0.3) is 0 Å². The van der Waals surface area contributed by atoms with E-state index >= 15 is 0 Å². The lowest BCUT2D eigenvalue weighted by molar-refractivity contribution is 0.103. The summed E-state index contributed by atoms with van der Waals surface area (Å²) in [5, 5.41) is 1.20. The first kappa shape index (κ1) is 15.5. The SMILES string of the molecule is C=C.Cc1sc(N)c(C(=O)c2ccc(Cl)cc2)c1C. The Hall–Kier alpha value is -1.58. The number of anilines is 1. The van der Waals surface area contributed by atoms with Gasteiger partial charge in [-0.2, -0.15) is 0 Å². The smallest absolute Gasteiger partial charge is 0.196 e. The van der Waals surface area contributed by atoms with Gasteiger partial charge in [0, 0.05) is 15.5 Å². The van der Waals surface area contributed by atoms with Crippen LogP contribution in [0.15, 0.2) is 37.4 Å². The highest BCUT2D eigenvalue weighted by Crippen LogP contribution is 2.31. The maximum atomic E-state index is 12.3. The number of hydrogen-bond donors (Lipinski definition) is 1. The van der Waals surface area contributed by atoms with E-state index in [4.69, 9.17) is 17.3 Å². The van der Waals surface area contributed by atoms with Gasteiger partial charge >= 0.3 is 0 Å². The summed E-state index contributed by atoms with van der Waals surface area (Å²) in [6, 6.07) is 6.85. The van der Waals surface area contributed by atoms with Gasteiger partial charge < -0.3 is 5.73 Å². The fraction of sp³-hybridized carbons (Fsp3) is 0.133. The number of ketones is 1. The second-order valence-electron chi connectivity index (χ2n) is 3.86. The Morgan fingerprint density at radius 3 is 2.16 bits per heavy atom. The van der Waals surface area contributed by atoms with Crippen LogP contribution in [0.2, 0.25) is 5.02 Å². The zero-order valence-electron chi connectivity index (χ0n) is 11.0. The highest BCUT2D eigenvalue weighted by molar-refractivity contribution is 7.16. The molecule has 1 aromatic carbocycles. The second-order valence-corrected chi connectivity index (χ2v) is 5.55. The van der Waals surface area contributed by atoms with Crippen LogP contribution in [0.3, 0.4) is 0 Å². The van der Waals surface area contributed by atoms with Crippen LogP contribution in [-0.4, -0.2) is 5.78 Å². The number of hydrogen-bond acceptors (Lipinski definition) is 3. The Bertz CT molecular complexity index is 587. The third-order valence-corrected chi connectivity index (χ3v) is 4.03. The van der Waals surface area contributed by atoms with Gasteiger partial charge in [-0.3, -0.25) is 4.79 Å². The first-order valence-electron chi connectivity index (χ1n) is 5.66. The van der Waals surface area contributed by atoms with Gasteiger partial charge in [0.15, 0.2) is 5.78 Å².